The van der Waals surface area contributed by atoms with Crippen LogP contribution in [0.25, 0.3) is 0 Å². The molecule has 3 N–H and O–H groups in total. The van der Waals surface area contributed by atoms with E-state index in [0.29, 0.717) is 28.5 Å². The minimum absolute atomic E-state index is 0.276. The molecule has 0 amide bonds. The molecule has 0 fully saturated rings. The molecule has 1 unspecified atom stereocenters. The second-order valence-electron chi connectivity index (χ2n) is 4.71. The molecule has 2 rings (SSSR count). The lowest BCUT2D eigenvalue weighted by Gasteiger charge is -2.18. The average molecular weight is 331 g/mol. The Labute approximate surface area is 131 Å². The largest absolute Gasteiger partial charge is 0.271 e. The molecular weight excluding hydrogens is 317 g/mol. The topological polar surface area (TPSA) is 38.0 Å². The molecule has 112 valence electrons. The number of nitrogens with one attached hydrogen (secondary N) is 1. The van der Waals surface area contributed by atoms with Crippen molar-refractivity contribution in [3.63, 3.8) is 0 Å². The highest BCUT2D eigenvalue weighted by Crippen LogP contribution is 2.26. The standard InChI is InChI=1S/C15H14Cl2F2N2/c16-13-2-1-3-14(17)12(13)8-11(21-20)6-9-4-5-10(18)7-15(9)19/h1-5,7,11,21H,6,8,20H2. The third-order valence-corrected chi connectivity index (χ3v) is 3.94. The fourth-order valence-electron chi connectivity index (χ4n) is 2.12. The number of rotatable bonds is 5. The maximum atomic E-state index is 13.7. The number of hydrogen-bond donors (Lipinski definition) is 2. The van der Waals surface area contributed by atoms with Gasteiger partial charge in [0.15, 0.2) is 0 Å². The van der Waals surface area contributed by atoms with Gasteiger partial charge in [0.05, 0.1) is 0 Å². The summed E-state index contributed by atoms with van der Waals surface area (Å²) in [6.07, 6.45) is 0.732. The number of benzene rings is 2. The van der Waals surface area contributed by atoms with Crippen molar-refractivity contribution in [1.82, 2.24) is 5.43 Å². The summed E-state index contributed by atoms with van der Waals surface area (Å²) in [5.74, 6) is 4.31. The van der Waals surface area contributed by atoms with Gasteiger partial charge in [-0.15, -0.1) is 0 Å². The molecule has 0 aromatic heterocycles. The maximum Gasteiger partial charge on any atom is 0.129 e. The van der Waals surface area contributed by atoms with E-state index in [1.165, 1.54) is 12.1 Å². The van der Waals surface area contributed by atoms with Crippen molar-refractivity contribution >= 4 is 23.2 Å². The van der Waals surface area contributed by atoms with Crippen LogP contribution in [-0.4, -0.2) is 6.04 Å². The van der Waals surface area contributed by atoms with Crippen molar-refractivity contribution in [3.05, 3.63) is 69.2 Å². The van der Waals surface area contributed by atoms with E-state index in [4.69, 9.17) is 29.0 Å². The molecule has 6 heteroatoms. The summed E-state index contributed by atoms with van der Waals surface area (Å²) in [4.78, 5) is 0. The highest BCUT2D eigenvalue weighted by molar-refractivity contribution is 6.36. The molecule has 1 atom stereocenters. The molecule has 2 aromatic carbocycles. The number of nitrogens with two attached hydrogens (primary N) is 1. The zero-order valence-electron chi connectivity index (χ0n) is 11.0. The van der Waals surface area contributed by atoms with Gasteiger partial charge in [-0.3, -0.25) is 11.3 Å². The Morgan fingerprint density at radius 1 is 1.05 bits per heavy atom. The minimum atomic E-state index is -0.609. The van der Waals surface area contributed by atoms with Gasteiger partial charge in [0.1, 0.15) is 11.6 Å². The molecule has 0 aliphatic heterocycles. The highest BCUT2D eigenvalue weighted by Gasteiger charge is 2.15. The van der Waals surface area contributed by atoms with Crippen molar-refractivity contribution in [2.24, 2.45) is 5.84 Å². The molecule has 0 bridgehead atoms. The normalized spacial score (nSPS) is 12.4. The van der Waals surface area contributed by atoms with Crippen LogP contribution in [0.15, 0.2) is 36.4 Å². The average Bonchev–Trinajstić information content (AvgIpc) is 2.44. The predicted molar refractivity (Wildman–Crippen MR) is 81.3 cm³/mol. The van der Waals surface area contributed by atoms with Crippen LogP contribution in [0.2, 0.25) is 10.0 Å². The van der Waals surface area contributed by atoms with Crippen molar-refractivity contribution in [2.45, 2.75) is 18.9 Å². The van der Waals surface area contributed by atoms with Crippen LogP contribution in [0.1, 0.15) is 11.1 Å². The van der Waals surface area contributed by atoms with Crippen LogP contribution in [0.3, 0.4) is 0 Å². The third-order valence-electron chi connectivity index (χ3n) is 3.23. The lowest BCUT2D eigenvalue weighted by molar-refractivity contribution is 0.502. The van der Waals surface area contributed by atoms with Crippen LogP contribution in [0, 0.1) is 11.6 Å². The molecule has 0 aliphatic rings. The number of hydrogen-bond acceptors (Lipinski definition) is 2. The van der Waals surface area contributed by atoms with Crippen LogP contribution in [0.4, 0.5) is 8.78 Å². The first-order valence-corrected chi connectivity index (χ1v) is 7.09. The monoisotopic (exact) mass is 330 g/mol. The van der Waals surface area contributed by atoms with Crippen LogP contribution < -0.4 is 11.3 Å². The molecule has 2 nitrogen and oxygen atoms in total. The molecule has 0 saturated carbocycles. The van der Waals surface area contributed by atoms with Gasteiger partial charge < -0.3 is 0 Å². The van der Waals surface area contributed by atoms with Gasteiger partial charge in [-0.25, -0.2) is 8.78 Å². The highest BCUT2D eigenvalue weighted by atomic mass is 35.5. The Hall–Kier alpha value is -1.20. The van der Waals surface area contributed by atoms with Crippen molar-refractivity contribution in [3.8, 4) is 0 Å². The van der Waals surface area contributed by atoms with Gasteiger partial charge in [0.2, 0.25) is 0 Å². The second-order valence-corrected chi connectivity index (χ2v) is 5.52. The van der Waals surface area contributed by atoms with Gasteiger partial charge in [-0.05, 0) is 42.2 Å². The van der Waals surface area contributed by atoms with E-state index < -0.39 is 11.6 Å². The van der Waals surface area contributed by atoms with Crippen LogP contribution in [0.5, 0.6) is 0 Å². The summed E-state index contributed by atoms with van der Waals surface area (Å²) in [7, 11) is 0. The Balaban J connectivity index is 2.17. The van der Waals surface area contributed by atoms with Gasteiger partial charge in [-0.1, -0.05) is 35.3 Å². The summed E-state index contributed by atoms with van der Waals surface area (Å²) in [5, 5.41) is 1.06. The summed E-state index contributed by atoms with van der Waals surface area (Å²) < 4.78 is 26.6. The molecule has 0 saturated heterocycles. The molecular formula is C15H14Cl2F2N2. The number of hydrazine groups is 1. The predicted octanol–water partition coefficient (Wildman–Crippen LogP) is 3.89. The van der Waals surface area contributed by atoms with Gasteiger partial charge >= 0.3 is 0 Å². The van der Waals surface area contributed by atoms with E-state index >= 15 is 0 Å². The van der Waals surface area contributed by atoms with E-state index in [1.54, 1.807) is 18.2 Å². The first-order chi connectivity index (χ1) is 10.0. The van der Waals surface area contributed by atoms with E-state index in [9.17, 15) is 8.78 Å². The SMILES string of the molecule is NNC(Cc1ccc(F)cc1F)Cc1c(Cl)cccc1Cl. The summed E-state index contributed by atoms with van der Waals surface area (Å²) in [6, 6.07) is 8.41. The Morgan fingerprint density at radius 3 is 2.29 bits per heavy atom. The fraction of sp³-hybridized carbons (Fsp3) is 0.200. The fourth-order valence-corrected chi connectivity index (χ4v) is 2.67. The zero-order chi connectivity index (χ0) is 15.4. The van der Waals surface area contributed by atoms with Crippen molar-refractivity contribution in [1.29, 1.82) is 0 Å². The van der Waals surface area contributed by atoms with E-state index in [-0.39, 0.29) is 6.04 Å². The summed E-state index contributed by atoms with van der Waals surface area (Å²) in [6.45, 7) is 0. The van der Waals surface area contributed by atoms with E-state index in [2.05, 4.69) is 5.43 Å². The minimum Gasteiger partial charge on any atom is -0.271 e. The summed E-state index contributed by atoms with van der Waals surface area (Å²) in [5.41, 5.74) is 3.74. The molecule has 2 aromatic rings. The second kappa shape index (κ2) is 7.18. The van der Waals surface area contributed by atoms with Crippen molar-refractivity contribution in [2.75, 3.05) is 0 Å². The van der Waals surface area contributed by atoms with Crippen molar-refractivity contribution < 1.29 is 8.78 Å². The molecule has 0 radical (unpaired) electrons. The quantitative estimate of drug-likeness (QED) is 0.644. The van der Waals surface area contributed by atoms with Gasteiger partial charge in [-0.2, -0.15) is 0 Å². The smallest absolute Gasteiger partial charge is 0.129 e. The van der Waals surface area contributed by atoms with Gasteiger partial charge in [0, 0.05) is 22.2 Å². The van der Waals surface area contributed by atoms with E-state index in [0.717, 1.165) is 11.6 Å². The third kappa shape index (κ3) is 4.14. The molecule has 0 heterocycles. The first-order valence-electron chi connectivity index (χ1n) is 6.34. The van der Waals surface area contributed by atoms with Crippen LogP contribution in [-0.2, 0) is 12.8 Å². The zero-order valence-corrected chi connectivity index (χ0v) is 12.6. The Morgan fingerprint density at radius 2 is 1.71 bits per heavy atom. The Kier molecular flexibility index (Phi) is 5.53. The molecule has 21 heavy (non-hydrogen) atoms. The van der Waals surface area contributed by atoms with Gasteiger partial charge in [0.25, 0.3) is 0 Å². The lowest BCUT2D eigenvalue weighted by atomic mass is 9.99. The van der Waals surface area contributed by atoms with E-state index in [1.807, 2.05) is 0 Å². The lowest BCUT2D eigenvalue weighted by Crippen LogP contribution is -2.38. The summed E-state index contributed by atoms with van der Waals surface area (Å²) >= 11 is 12.2. The first kappa shape index (κ1) is 16.2. The maximum absolute atomic E-state index is 13.7. The van der Waals surface area contributed by atoms with Crippen LogP contribution >= 0.6 is 23.2 Å². The Bertz CT molecular complexity index is 615. The number of halogens is 4. The molecule has 0 aliphatic carbocycles. The molecule has 0 spiro atoms.